The lowest BCUT2D eigenvalue weighted by Gasteiger charge is -2.17. The highest BCUT2D eigenvalue weighted by Crippen LogP contribution is 2.49. The van der Waals surface area contributed by atoms with E-state index < -0.39 is 39.8 Å². The molecule has 5 nitrogen and oxygen atoms in total. The Balaban J connectivity index is 2.19. The Morgan fingerprint density at radius 2 is 1.93 bits per heavy atom. The summed E-state index contributed by atoms with van der Waals surface area (Å²) in [4.78, 5) is -0.221. The predicted octanol–water partition coefficient (Wildman–Crippen LogP) is 3.92. The topological polar surface area (TPSA) is 82.7 Å². The van der Waals surface area contributed by atoms with Crippen molar-refractivity contribution in [2.75, 3.05) is 6.26 Å². The minimum atomic E-state index is -3.58. The summed E-state index contributed by atoms with van der Waals surface area (Å²) in [5, 5.41) is 18.7. The molecule has 0 amide bonds. The van der Waals surface area contributed by atoms with Gasteiger partial charge in [0, 0.05) is 42.0 Å². The summed E-state index contributed by atoms with van der Waals surface area (Å²) in [6.07, 6.45) is -0.778. The number of hydrogen-bond donors (Lipinski definition) is 1. The lowest BCUT2D eigenvalue weighted by atomic mass is 10.1. The van der Waals surface area contributed by atoms with Gasteiger partial charge in [0.15, 0.2) is 0 Å². The zero-order valence-electron chi connectivity index (χ0n) is 13.7. The zero-order chi connectivity index (χ0) is 20.0. The molecular weight excluding hydrogens is 388 g/mol. The van der Waals surface area contributed by atoms with Crippen LogP contribution < -0.4 is 4.74 Å². The summed E-state index contributed by atoms with van der Waals surface area (Å²) in [6, 6.07) is 4.66. The molecule has 0 heterocycles. The van der Waals surface area contributed by atoms with Crippen LogP contribution in [0.1, 0.15) is 17.2 Å². The van der Waals surface area contributed by atoms with Gasteiger partial charge in [-0.05, 0) is 12.1 Å². The third kappa shape index (κ3) is 3.48. The van der Waals surface area contributed by atoms with Gasteiger partial charge in [0.1, 0.15) is 29.2 Å². The van der Waals surface area contributed by atoms with E-state index in [1.807, 2.05) is 0 Å². The van der Waals surface area contributed by atoms with Crippen molar-refractivity contribution in [1.29, 1.82) is 5.26 Å². The van der Waals surface area contributed by atoms with Crippen LogP contribution in [-0.2, 0) is 16.1 Å². The fraction of sp³-hybridized carbons (Fsp3) is 0.235. The zero-order valence-corrected chi connectivity index (χ0v) is 14.6. The largest absolute Gasteiger partial charge is 0.457 e. The number of hydrogen-bond acceptors (Lipinski definition) is 5. The number of benzene rings is 2. The van der Waals surface area contributed by atoms with E-state index in [2.05, 4.69) is 4.36 Å². The smallest absolute Gasteiger partial charge is 0.281 e. The summed E-state index contributed by atoms with van der Waals surface area (Å²) >= 11 is 0. The third-order valence-corrected chi connectivity index (χ3v) is 5.65. The lowest BCUT2D eigenvalue weighted by molar-refractivity contribution is -0.0976. The molecule has 142 valence electrons. The fourth-order valence-corrected chi connectivity index (χ4v) is 4.13. The van der Waals surface area contributed by atoms with Crippen LogP contribution in [0.4, 0.5) is 17.6 Å². The molecular formula is C17H12F4N2O3S. The van der Waals surface area contributed by atoms with Crippen LogP contribution in [0.25, 0.3) is 0 Å². The Kier molecular flexibility index (Phi) is 4.61. The van der Waals surface area contributed by atoms with Gasteiger partial charge in [-0.25, -0.2) is 21.8 Å². The molecule has 0 saturated carbocycles. The van der Waals surface area contributed by atoms with Crippen LogP contribution in [0.3, 0.4) is 0 Å². The molecule has 1 aliphatic rings. The Labute approximate surface area is 152 Å². The van der Waals surface area contributed by atoms with Gasteiger partial charge in [-0.15, -0.1) is 4.36 Å². The first-order chi connectivity index (χ1) is 12.5. The first-order valence-corrected chi connectivity index (χ1v) is 9.43. The SMILES string of the molecule is CS(=O)(=NC#N)c1ccc(Oc2cc(F)cc(F)c2)c2c1C(O)C(F)(F)C2. The number of rotatable bonds is 3. The number of fused-ring (bicyclic) bond motifs is 1. The maximum Gasteiger partial charge on any atom is 0.281 e. The molecule has 0 aliphatic heterocycles. The number of nitriles is 1. The number of nitrogens with zero attached hydrogens (tertiary/aromatic N) is 2. The number of aliphatic hydroxyl groups is 1. The van der Waals surface area contributed by atoms with Crippen LogP contribution in [-0.4, -0.2) is 21.5 Å². The monoisotopic (exact) mass is 400 g/mol. The highest BCUT2D eigenvalue weighted by atomic mass is 32.2. The van der Waals surface area contributed by atoms with E-state index >= 15 is 0 Å². The maximum absolute atomic E-state index is 14.1. The second-order valence-corrected chi connectivity index (χ2v) is 8.22. The molecule has 10 heteroatoms. The molecule has 0 fully saturated rings. The summed E-state index contributed by atoms with van der Waals surface area (Å²) in [6.45, 7) is 0. The van der Waals surface area contributed by atoms with Crippen LogP contribution in [0.15, 0.2) is 39.6 Å². The van der Waals surface area contributed by atoms with Crippen molar-refractivity contribution in [3.05, 3.63) is 53.1 Å². The fourth-order valence-electron chi connectivity index (χ4n) is 2.92. The van der Waals surface area contributed by atoms with E-state index in [1.165, 1.54) is 12.3 Å². The van der Waals surface area contributed by atoms with E-state index in [0.717, 1.165) is 24.5 Å². The van der Waals surface area contributed by atoms with Gasteiger partial charge < -0.3 is 9.84 Å². The molecule has 2 aromatic rings. The van der Waals surface area contributed by atoms with E-state index in [-0.39, 0.29) is 27.5 Å². The number of ether oxygens (including phenoxy) is 1. The average Bonchev–Trinajstić information content (AvgIpc) is 2.77. The highest BCUT2D eigenvalue weighted by molar-refractivity contribution is 7.93. The van der Waals surface area contributed by atoms with Crippen molar-refractivity contribution in [1.82, 2.24) is 0 Å². The van der Waals surface area contributed by atoms with Gasteiger partial charge >= 0.3 is 0 Å². The van der Waals surface area contributed by atoms with Gasteiger partial charge in [0.2, 0.25) is 6.19 Å². The first kappa shape index (κ1) is 19.1. The van der Waals surface area contributed by atoms with E-state index in [0.29, 0.717) is 6.07 Å². The molecule has 1 aliphatic carbocycles. The molecule has 3 rings (SSSR count). The molecule has 27 heavy (non-hydrogen) atoms. The van der Waals surface area contributed by atoms with Gasteiger partial charge in [-0.3, -0.25) is 0 Å². The second-order valence-electron chi connectivity index (χ2n) is 6.00. The quantitative estimate of drug-likeness (QED) is 0.625. The molecule has 2 atom stereocenters. The third-order valence-electron chi connectivity index (χ3n) is 4.05. The minimum Gasteiger partial charge on any atom is -0.457 e. The normalized spacial score (nSPS) is 19.7. The molecule has 1 N–H and O–H groups in total. The Hall–Kier alpha value is -2.64. The molecule has 0 bridgehead atoms. The number of aliphatic hydroxyl groups excluding tert-OH is 1. The van der Waals surface area contributed by atoms with Crippen molar-refractivity contribution < 1.29 is 31.6 Å². The summed E-state index contributed by atoms with van der Waals surface area (Å²) < 4.78 is 76.1. The van der Waals surface area contributed by atoms with E-state index in [4.69, 9.17) is 10.00 Å². The summed E-state index contributed by atoms with van der Waals surface area (Å²) in [7, 11) is -3.38. The minimum absolute atomic E-state index is 0.169. The van der Waals surface area contributed by atoms with Crippen LogP contribution in [0.5, 0.6) is 11.5 Å². The van der Waals surface area contributed by atoms with Crippen LogP contribution in [0, 0.1) is 23.1 Å². The van der Waals surface area contributed by atoms with Gasteiger partial charge in [0.05, 0.1) is 14.6 Å². The van der Waals surface area contributed by atoms with Crippen molar-refractivity contribution in [2.24, 2.45) is 4.36 Å². The molecule has 0 saturated heterocycles. The molecule has 0 aromatic heterocycles. The van der Waals surface area contributed by atoms with E-state index in [1.54, 1.807) is 0 Å². The van der Waals surface area contributed by atoms with E-state index in [9.17, 15) is 26.9 Å². The Morgan fingerprint density at radius 1 is 1.30 bits per heavy atom. The molecule has 2 unspecified atom stereocenters. The van der Waals surface area contributed by atoms with Crippen LogP contribution in [0.2, 0.25) is 0 Å². The molecule has 2 aromatic carbocycles. The van der Waals surface area contributed by atoms with Gasteiger partial charge in [-0.2, -0.15) is 5.26 Å². The van der Waals surface area contributed by atoms with Crippen molar-refractivity contribution in [3.8, 4) is 17.7 Å². The Bertz CT molecular complexity index is 1070. The second kappa shape index (κ2) is 6.51. The average molecular weight is 400 g/mol. The lowest BCUT2D eigenvalue weighted by Crippen LogP contribution is -2.22. The van der Waals surface area contributed by atoms with Crippen molar-refractivity contribution in [3.63, 3.8) is 0 Å². The maximum atomic E-state index is 14.1. The Morgan fingerprint density at radius 3 is 2.52 bits per heavy atom. The predicted molar refractivity (Wildman–Crippen MR) is 86.9 cm³/mol. The molecule has 0 radical (unpaired) electrons. The van der Waals surface area contributed by atoms with Crippen molar-refractivity contribution >= 4 is 9.73 Å². The van der Waals surface area contributed by atoms with Crippen LogP contribution >= 0.6 is 0 Å². The molecule has 0 spiro atoms. The van der Waals surface area contributed by atoms with Crippen molar-refractivity contribution in [2.45, 2.75) is 23.3 Å². The van der Waals surface area contributed by atoms with Gasteiger partial charge in [0.25, 0.3) is 5.92 Å². The number of alkyl halides is 2. The highest BCUT2D eigenvalue weighted by Gasteiger charge is 2.50. The first-order valence-electron chi connectivity index (χ1n) is 7.51. The standard InChI is InChI=1S/C17H12F4N2O3S/c1-27(25,23-8-22)14-3-2-13(12-7-17(20,21)16(24)15(12)14)26-11-5-9(18)4-10(19)6-11/h2-6,16,24H,7H2,1H3. The number of halogens is 4. The summed E-state index contributed by atoms with van der Waals surface area (Å²) in [5.41, 5.74) is -0.529. The summed E-state index contributed by atoms with van der Waals surface area (Å²) in [5.74, 6) is -5.87. The van der Waals surface area contributed by atoms with Gasteiger partial charge in [-0.1, -0.05) is 0 Å².